The van der Waals surface area contributed by atoms with Gasteiger partial charge in [-0.1, -0.05) is 11.6 Å². The quantitative estimate of drug-likeness (QED) is 0.518. The molecule has 8 heavy (non-hydrogen) atoms. The molecular weight excluding hydrogens is 157 g/mol. The highest BCUT2D eigenvalue weighted by Gasteiger charge is 2.26. The molecule has 0 aliphatic carbocycles. The second-order valence-corrected chi connectivity index (χ2v) is 1.98. The van der Waals surface area contributed by atoms with Crippen molar-refractivity contribution in [3.05, 3.63) is 11.1 Å². The maximum atomic E-state index is 11.7. The van der Waals surface area contributed by atoms with Gasteiger partial charge in [-0.3, -0.25) is 0 Å². The minimum absolute atomic E-state index is 0.346. The van der Waals surface area contributed by atoms with Gasteiger partial charge in [0.05, 0.1) is 0 Å². The van der Waals surface area contributed by atoms with E-state index in [2.05, 4.69) is 11.6 Å². The number of alkyl halides is 3. The molecule has 0 aliphatic rings. The molecule has 0 aliphatic heterocycles. The maximum absolute atomic E-state index is 11.7. The Balaban J connectivity index is 4.03. The SMILES string of the molecule is C/C(=C/Cl)C(F)(F)Cl. The zero-order valence-corrected chi connectivity index (χ0v) is 5.60. The molecule has 0 radical (unpaired) electrons. The van der Waals surface area contributed by atoms with E-state index < -0.39 is 5.38 Å². The number of allylic oxidation sites excluding steroid dienone is 1. The smallest absolute Gasteiger partial charge is 0.184 e. The van der Waals surface area contributed by atoms with Crippen LogP contribution in [0.2, 0.25) is 0 Å². The van der Waals surface area contributed by atoms with Gasteiger partial charge in [-0.05, 0) is 18.5 Å². The van der Waals surface area contributed by atoms with Crippen molar-refractivity contribution in [2.45, 2.75) is 12.3 Å². The second kappa shape index (κ2) is 2.65. The zero-order valence-electron chi connectivity index (χ0n) is 4.09. The van der Waals surface area contributed by atoms with Gasteiger partial charge in [0.2, 0.25) is 0 Å². The molecule has 0 atom stereocenters. The summed E-state index contributed by atoms with van der Waals surface area (Å²) in [5.74, 6) is 0. The van der Waals surface area contributed by atoms with Gasteiger partial charge in [0.15, 0.2) is 0 Å². The zero-order chi connectivity index (χ0) is 6.78. The summed E-state index contributed by atoms with van der Waals surface area (Å²) in [6.07, 6.45) is 0. The third-order valence-electron chi connectivity index (χ3n) is 0.611. The van der Waals surface area contributed by atoms with Crippen LogP contribution < -0.4 is 0 Å². The molecular formula is C4H4Cl2F2. The van der Waals surface area contributed by atoms with Gasteiger partial charge in [-0.25, -0.2) is 0 Å². The highest BCUT2D eigenvalue weighted by Crippen LogP contribution is 2.27. The summed E-state index contributed by atoms with van der Waals surface area (Å²) in [5.41, 5.74) is 0.410. The normalized spacial score (nSPS) is 14.4. The fourth-order valence-electron chi connectivity index (χ4n) is 0.0619. The van der Waals surface area contributed by atoms with Gasteiger partial charge in [0.1, 0.15) is 0 Å². The topological polar surface area (TPSA) is 0 Å². The molecule has 0 aromatic heterocycles. The van der Waals surface area contributed by atoms with Crippen LogP contribution in [0.25, 0.3) is 0 Å². The van der Waals surface area contributed by atoms with Gasteiger partial charge in [-0.15, -0.1) is 0 Å². The Morgan fingerprint density at radius 2 is 2.00 bits per heavy atom. The fourth-order valence-corrected chi connectivity index (χ4v) is 0.309. The molecule has 0 aromatic carbocycles. The highest BCUT2D eigenvalue weighted by atomic mass is 35.5. The van der Waals surface area contributed by atoms with Crippen LogP contribution in [0.15, 0.2) is 11.1 Å². The van der Waals surface area contributed by atoms with E-state index in [9.17, 15) is 8.78 Å². The molecule has 0 bridgehead atoms. The van der Waals surface area contributed by atoms with E-state index in [0.29, 0.717) is 0 Å². The highest BCUT2D eigenvalue weighted by molar-refractivity contribution is 6.28. The number of hydrogen-bond donors (Lipinski definition) is 0. The second-order valence-electron chi connectivity index (χ2n) is 1.29. The molecule has 0 amide bonds. The molecule has 0 spiro atoms. The minimum atomic E-state index is -3.29. The Kier molecular flexibility index (Phi) is 2.71. The van der Waals surface area contributed by atoms with Gasteiger partial charge in [0, 0.05) is 11.1 Å². The summed E-state index contributed by atoms with van der Waals surface area (Å²) in [5, 5.41) is -3.29. The number of rotatable bonds is 1. The minimum Gasteiger partial charge on any atom is -0.184 e. The van der Waals surface area contributed by atoms with Crippen molar-refractivity contribution in [3.63, 3.8) is 0 Å². The van der Waals surface area contributed by atoms with E-state index in [1.165, 1.54) is 0 Å². The third-order valence-corrected chi connectivity index (χ3v) is 1.24. The Hall–Kier alpha value is 0.180. The Morgan fingerprint density at radius 3 is 2.00 bits per heavy atom. The van der Waals surface area contributed by atoms with Crippen LogP contribution in [0.4, 0.5) is 8.78 Å². The lowest BCUT2D eigenvalue weighted by atomic mass is 10.4. The maximum Gasteiger partial charge on any atom is 0.345 e. The Labute approximate surface area is 56.1 Å². The van der Waals surface area contributed by atoms with E-state index >= 15 is 0 Å². The van der Waals surface area contributed by atoms with Crippen molar-refractivity contribution in [3.8, 4) is 0 Å². The predicted molar refractivity (Wildman–Crippen MR) is 30.4 cm³/mol. The van der Waals surface area contributed by atoms with Crippen molar-refractivity contribution in [1.29, 1.82) is 0 Å². The van der Waals surface area contributed by atoms with E-state index in [1.54, 1.807) is 0 Å². The van der Waals surface area contributed by atoms with Gasteiger partial charge in [-0.2, -0.15) is 8.78 Å². The molecule has 0 fully saturated rings. The first-order chi connectivity index (χ1) is 3.48. The average molecular weight is 161 g/mol. The molecule has 0 nitrogen and oxygen atoms in total. The molecule has 0 saturated heterocycles. The molecule has 0 saturated carbocycles. The summed E-state index contributed by atoms with van der Waals surface area (Å²) in [6, 6.07) is 0. The van der Waals surface area contributed by atoms with Gasteiger partial charge in [0.25, 0.3) is 0 Å². The standard InChI is InChI=1S/C4H4Cl2F2/c1-3(2-5)4(6,7)8/h2H,1H3/b3-2-. The van der Waals surface area contributed by atoms with Crippen molar-refractivity contribution in [1.82, 2.24) is 0 Å². The number of hydrogen-bond acceptors (Lipinski definition) is 0. The lowest BCUT2D eigenvalue weighted by Crippen LogP contribution is -2.05. The summed E-state index contributed by atoms with van der Waals surface area (Å²) in [4.78, 5) is 0. The average Bonchev–Trinajstić information content (AvgIpc) is 1.62. The van der Waals surface area contributed by atoms with Crippen LogP contribution >= 0.6 is 23.2 Å². The number of halogens is 4. The first kappa shape index (κ1) is 8.18. The molecule has 0 rings (SSSR count). The van der Waals surface area contributed by atoms with Crippen molar-refractivity contribution < 1.29 is 8.78 Å². The molecule has 0 heterocycles. The van der Waals surface area contributed by atoms with E-state index in [-0.39, 0.29) is 5.57 Å². The Bertz CT molecular complexity index is 103. The van der Waals surface area contributed by atoms with Crippen molar-refractivity contribution in [2.24, 2.45) is 0 Å². The third kappa shape index (κ3) is 2.48. The van der Waals surface area contributed by atoms with Crippen LogP contribution in [0.3, 0.4) is 0 Å². The van der Waals surface area contributed by atoms with Crippen LogP contribution in [0, 0.1) is 0 Å². The fraction of sp³-hybridized carbons (Fsp3) is 0.500. The van der Waals surface area contributed by atoms with Gasteiger partial charge < -0.3 is 0 Å². The largest absolute Gasteiger partial charge is 0.345 e. The van der Waals surface area contributed by atoms with E-state index in [4.69, 9.17) is 11.6 Å². The van der Waals surface area contributed by atoms with Crippen LogP contribution in [-0.2, 0) is 0 Å². The van der Waals surface area contributed by atoms with E-state index in [1.807, 2.05) is 0 Å². The molecule has 0 aromatic rings. The first-order valence-electron chi connectivity index (χ1n) is 1.82. The van der Waals surface area contributed by atoms with Crippen LogP contribution in [-0.4, -0.2) is 5.38 Å². The summed E-state index contributed by atoms with van der Waals surface area (Å²) in [6.45, 7) is 1.15. The van der Waals surface area contributed by atoms with Crippen molar-refractivity contribution >= 4 is 23.2 Å². The van der Waals surface area contributed by atoms with Crippen LogP contribution in [0.1, 0.15) is 6.92 Å². The van der Waals surface area contributed by atoms with Gasteiger partial charge >= 0.3 is 5.38 Å². The lowest BCUT2D eigenvalue weighted by molar-refractivity contribution is 0.139. The predicted octanol–water partition coefficient (Wildman–Crippen LogP) is 2.96. The molecule has 4 heteroatoms. The monoisotopic (exact) mass is 160 g/mol. The Morgan fingerprint density at radius 1 is 1.62 bits per heavy atom. The van der Waals surface area contributed by atoms with Crippen LogP contribution in [0.5, 0.6) is 0 Å². The summed E-state index contributed by atoms with van der Waals surface area (Å²) < 4.78 is 23.5. The molecule has 48 valence electrons. The first-order valence-corrected chi connectivity index (χ1v) is 2.64. The van der Waals surface area contributed by atoms with E-state index in [0.717, 1.165) is 12.5 Å². The lowest BCUT2D eigenvalue weighted by Gasteiger charge is -2.04. The molecule has 0 N–H and O–H groups in total. The summed E-state index contributed by atoms with van der Waals surface area (Å²) in [7, 11) is 0. The molecule has 0 unspecified atom stereocenters. The summed E-state index contributed by atoms with van der Waals surface area (Å²) >= 11 is 9.41. The van der Waals surface area contributed by atoms with Crippen molar-refractivity contribution in [2.75, 3.05) is 0 Å².